The number of aliphatic hydroxyl groups excluding tert-OH is 1. The topological polar surface area (TPSA) is 87.7 Å². The maximum absolute atomic E-state index is 12.4. The highest BCUT2D eigenvalue weighted by atomic mass is 16.5. The zero-order valence-electron chi connectivity index (χ0n) is 18.6. The van der Waals surface area contributed by atoms with Gasteiger partial charge >= 0.3 is 0 Å². The van der Waals surface area contributed by atoms with Gasteiger partial charge in [-0.1, -0.05) is 30.3 Å². The molecule has 1 saturated carbocycles. The number of nitrogens with one attached hydrogen (secondary N) is 2. The molecule has 0 heterocycles. The maximum atomic E-state index is 12.4. The van der Waals surface area contributed by atoms with Crippen molar-refractivity contribution in [3.05, 3.63) is 77.9 Å². The molecular formula is C27H30N2O4. The number of fused-ring (bicyclic) bond motifs is 1. The molecule has 0 spiro atoms. The van der Waals surface area contributed by atoms with Gasteiger partial charge in [-0.2, -0.15) is 0 Å². The van der Waals surface area contributed by atoms with Crippen molar-refractivity contribution in [2.45, 2.75) is 31.8 Å². The molecule has 33 heavy (non-hydrogen) atoms. The van der Waals surface area contributed by atoms with Crippen LogP contribution in [0.4, 0.5) is 0 Å². The van der Waals surface area contributed by atoms with E-state index in [-0.39, 0.29) is 24.5 Å². The van der Waals surface area contributed by atoms with E-state index in [9.17, 15) is 14.7 Å². The normalized spacial score (nSPS) is 18.0. The van der Waals surface area contributed by atoms with Crippen molar-refractivity contribution in [2.75, 3.05) is 19.7 Å². The lowest BCUT2D eigenvalue weighted by Crippen LogP contribution is -2.34. The fourth-order valence-corrected chi connectivity index (χ4v) is 4.20. The number of carbonyl (C=O) groups excluding carboxylic acids is 2. The van der Waals surface area contributed by atoms with Crippen LogP contribution in [-0.2, 0) is 0 Å². The fourth-order valence-electron chi connectivity index (χ4n) is 4.20. The van der Waals surface area contributed by atoms with Gasteiger partial charge in [0.1, 0.15) is 5.75 Å². The molecule has 0 atom stereocenters. The minimum atomic E-state index is -0.190. The van der Waals surface area contributed by atoms with Crippen LogP contribution in [-0.4, -0.2) is 42.7 Å². The average Bonchev–Trinajstić information content (AvgIpc) is 2.87. The Morgan fingerprint density at radius 3 is 2.06 bits per heavy atom. The highest BCUT2D eigenvalue weighted by molar-refractivity contribution is 5.98. The zero-order valence-corrected chi connectivity index (χ0v) is 18.6. The van der Waals surface area contributed by atoms with Gasteiger partial charge < -0.3 is 20.5 Å². The lowest BCUT2D eigenvalue weighted by molar-refractivity contribution is 0.0927. The van der Waals surface area contributed by atoms with Gasteiger partial charge in [-0.3, -0.25) is 9.59 Å². The molecule has 0 aromatic heterocycles. The van der Waals surface area contributed by atoms with E-state index in [0.717, 1.165) is 42.2 Å². The van der Waals surface area contributed by atoms with E-state index in [1.54, 1.807) is 18.2 Å². The van der Waals surface area contributed by atoms with Crippen LogP contribution in [0.15, 0.2) is 66.7 Å². The summed E-state index contributed by atoms with van der Waals surface area (Å²) in [4.78, 5) is 24.8. The molecule has 1 fully saturated rings. The number of hydrogen-bond acceptors (Lipinski definition) is 4. The Kier molecular flexibility index (Phi) is 7.58. The van der Waals surface area contributed by atoms with Crippen molar-refractivity contribution in [3.8, 4) is 5.75 Å². The maximum Gasteiger partial charge on any atom is 0.251 e. The Bertz CT molecular complexity index is 1090. The van der Waals surface area contributed by atoms with Crippen LogP contribution in [0.2, 0.25) is 0 Å². The summed E-state index contributed by atoms with van der Waals surface area (Å²) >= 11 is 0. The van der Waals surface area contributed by atoms with Gasteiger partial charge in [0.25, 0.3) is 11.8 Å². The second-order valence-corrected chi connectivity index (χ2v) is 8.54. The molecule has 6 nitrogen and oxygen atoms in total. The number of ether oxygens (including phenoxy) is 1. The summed E-state index contributed by atoms with van der Waals surface area (Å²) in [6.45, 7) is 0.934. The van der Waals surface area contributed by atoms with Crippen LogP contribution in [0.5, 0.6) is 5.75 Å². The van der Waals surface area contributed by atoms with Gasteiger partial charge in [0.2, 0.25) is 0 Å². The molecule has 3 aromatic carbocycles. The summed E-state index contributed by atoms with van der Waals surface area (Å²) in [5.41, 5.74) is 1.15. The third kappa shape index (κ3) is 6.11. The summed E-state index contributed by atoms with van der Waals surface area (Å²) in [7, 11) is 0. The van der Waals surface area contributed by atoms with Crippen molar-refractivity contribution in [1.29, 1.82) is 0 Å². The van der Waals surface area contributed by atoms with Gasteiger partial charge in [0, 0.05) is 30.8 Å². The van der Waals surface area contributed by atoms with Crippen LogP contribution in [0.1, 0.15) is 46.4 Å². The molecule has 3 N–H and O–H groups in total. The van der Waals surface area contributed by atoms with E-state index < -0.39 is 0 Å². The summed E-state index contributed by atoms with van der Waals surface area (Å²) < 4.78 is 6.02. The number of hydrogen-bond donors (Lipinski definition) is 3. The summed E-state index contributed by atoms with van der Waals surface area (Å²) in [6, 6.07) is 20.6. The van der Waals surface area contributed by atoms with E-state index in [1.807, 2.05) is 48.5 Å². The van der Waals surface area contributed by atoms with Crippen molar-refractivity contribution < 1.29 is 19.4 Å². The SMILES string of the molecule is O=C(NCCNC(=O)c1ccc2ccccc2c1)c1ccc(OC2CCC(CO)CC2)cc1. The first kappa shape index (κ1) is 22.8. The second-order valence-electron chi connectivity index (χ2n) is 8.54. The van der Waals surface area contributed by atoms with E-state index in [0.29, 0.717) is 30.1 Å². The molecule has 0 radical (unpaired) electrons. The molecule has 3 aromatic rings. The van der Waals surface area contributed by atoms with Crippen molar-refractivity contribution >= 4 is 22.6 Å². The van der Waals surface area contributed by atoms with Crippen LogP contribution in [0.3, 0.4) is 0 Å². The number of benzene rings is 3. The van der Waals surface area contributed by atoms with E-state index in [2.05, 4.69) is 10.6 Å². The molecule has 0 saturated heterocycles. The number of carbonyl (C=O) groups is 2. The van der Waals surface area contributed by atoms with E-state index >= 15 is 0 Å². The van der Waals surface area contributed by atoms with Crippen LogP contribution in [0, 0.1) is 5.92 Å². The highest BCUT2D eigenvalue weighted by Crippen LogP contribution is 2.27. The molecule has 0 unspecified atom stereocenters. The Labute approximate surface area is 194 Å². The molecule has 1 aliphatic rings. The fraction of sp³-hybridized carbons (Fsp3) is 0.333. The second kappa shape index (κ2) is 11.0. The Hall–Kier alpha value is -3.38. The van der Waals surface area contributed by atoms with Gasteiger partial charge in [-0.25, -0.2) is 0 Å². The number of rotatable bonds is 8. The molecule has 6 heteroatoms. The van der Waals surface area contributed by atoms with Gasteiger partial charge in [-0.15, -0.1) is 0 Å². The molecule has 0 aliphatic heterocycles. The lowest BCUT2D eigenvalue weighted by atomic mass is 9.88. The first-order valence-electron chi connectivity index (χ1n) is 11.5. The number of amides is 2. The predicted molar refractivity (Wildman–Crippen MR) is 129 cm³/mol. The predicted octanol–water partition coefficient (Wildman–Crippen LogP) is 3.93. The number of aliphatic hydroxyl groups is 1. The van der Waals surface area contributed by atoms with Gasteiger partial charge in [-0.05, 0) is 78.8 Å². The monoisotopic (exact) mass is 446 g/mol. The quantitative estimate of drug-likeness (QED) is 0.458. The summed E-state index contributed by atoms with van der Waals surface area (Å²) in [6.07, 6.45) is 4.02. The van der Waals surface area contributed by atoms with Crippen molar-refractivity contribution in [3.63, 3.8) is 0 Å². The first-order valence-corrected chi connectivity index (χ1v) is 11.5. The third-order valence-electron chi connectivity index (χ3n) is 6.18. The molecule has 172 valence electrons. The minimum Gasteiger partial charge on any atom is -0.490 e. The van der Waals surface area contributed by atoms with Crippen molar-refractivity contribution in [2.24, 2.45) is 5.92 Å². The largest absolute Gasteiger partial charge is 0.490 e. The standard InChI is InChI=1S/C27H30N2O4/c30-18-19-5-11-24(12-6-19)33-25-13-9-21(10-14-25)26(31)28-15-16-29-27(32)23-8-7-20-3-1-2-4-22(20)17-23/h1-4,7-10,13-14,17,19,24,30H,5-6,11-12,15-16,18H2,(H,28,31)(H,29,32). The van der Waals surface area contributed by atoms with E-state index in [1.165, 1.54) is 0 Å². The average molecular weight is 447 g/mol. The summed E-state index contributed by atoms with van der Waals surface area (Å²) in [5.74, 6) is 0.796. The van der Waals surface area contributed by atoms with Crippen LogP contribution in [0.25, 0.3) is 10.8 Å². The first-order chi connectivity index (χ1) is 16.1. The molecule has 1 aliphatic carbocycles. The zero-order chi connectivity index (χ0) is 23.0. The van der Waals surface area contributed by atoms with Crippen LogP contribution < -0.4 is 15.4 Å². The molecular weight excluding hydrogens is 416 g/mol. The lowest BCUT2D eigenvalue weighted by Gasteiger charge is -2.27. The molecule has 2 amide bonds. The Balaban J connectivity index is 1.19. The highest BCUT2D eigenvalue weighted by Gasteiger charge is 2.21. The minimum absolute atomic E-state index is 0.162. The van der Waals surface area contributed by atoms with Gasteiger partial charge in [0.15, 0.2) is 0 Å². The summed E-state index contributed by atoms with van der Waals surface area (Å²) in [5, 5.41) is 17.0. The smallest absolute Gasteiger partial charge is 0.251 e. The third-order valence-corrected chi connectivity index (χ3v) is 6.18. The van der Waals surface area contributed by atoms with Crippen molar-refractivity contribution in [1.82, 2.24) is 10.6 Å². The van der Waals surface area contributed by atoms with Gasteiger partial charge in [0.05, 0.1) is 6.10 Å². The van der Waals surface area contributed by atoms with Crippen LogP contribution >= 0.6 is 0 Å². The Morgan fingerprint density at radius 1 is 0.788 bits per heavy atom. The Morgan fingerprint density at radius 2 is 1.39 bits per heavy atom. The molecule has 4 rings (SSSR count). The molecule has 0 bridgehead atoms. The van der Waals surface area contributed by atoms with E-state index in [4.69, 9.17) is 4.74 Å².